The maximum Gasteiger partial charge on any atom is 0.0619 e. The predicted octanol–water partition coefficient (Wildman–Crippen LogP) is 1.70. The van der Waals surface area contributed by atoms with Crippen molar-refractivity contribution in [2.24, 2.45) is 0 Å². The van der Waals surface area contributed by atoms with Gasteiger partial charge in [-0.1, -0.05) is 19.3 Å². The SMILES string of the molecule is OCCCCCCOCC1CCCCN1. The Morgan fingerprint density at radius 3 is 2.73 bits per heavy atom. The Bertz CT molecular complexity index is 136. The largest absolute Gasteiger partial charge is 0.396 e. The Morgan fingerprint density at radius 2 is 2.00 bits per heavy atom. The molecule has 90 valence electrons. The molecule has 15 heavy (non-hydrogen) atoms. The first-order chi connectivity index (χ1) is 7.43. The van der Waals surface area contributed by atoms with Gasteiger partial charge in [0.05, 0.1) is 6.61 Å². The lowest BCUT2D eigenvalue weighted by molar-refractivity contribution is 0.0995. The lowest BCUT2D eigenvalue weighted by atomic mass is 10.1. The minimum absolute atomic E-state index is 0.326. The van der Waals surface area contributed by atoms with E-state index in [4.69, 9.17) is 9.84 Å². The van der Waals surface area contributed by atoms with Gasteiger partial charge >= 0.3 is 0 Å². The third-order valence-corrected chi connectivity index (χ3v) is 2.93. The molecule has 0 saturated carbocycles. The first-order valence-corrected chi connectivity index (χ1v) is 6.35. The summed E-state index contributed by atoms with van der Waals surface area (Å²) in [6, 6.07) is 0.594. The van der Waals surface area contributed by atoms with Crippen molar-refractivity contribution in [2.45, 2.75) is 51.0 Å². The number of nitrogens with one attached hydrogen (secondary N) is 1. The summed E-state index contributed by atoms with van der Waals surface area (Å²) >= 11 is 0. The number of piperidine rings is 1. The highest BCUT2D eigenvalue weighted by atomic mass is 16.5. The van der Waals surface area contributed by atoms with E-state index in [-0.39, 0.29) is 0 Å². The topological polar surface area (TPSA) is 41.5 Å². The monoisotopic (exact) mass is 215 g/mol. The molecule has 1 aliphatic heterocycles. The molecule has 1 unspecified atom stereocenters. The number of ether oxygens (including phenoxy) is 1. The summed E-state index contributed by atoms with van der Waals surface area (Å²) in [6.07, 6.45) is 8.30. The van der Waals surface area contributed by atoms with Crippen LogP contribution in [0.1, 0.15) is 44.9 Å². The van der Waals surface area contributed by atoms with Gasteiger partial charge in [0, 0.05) is 19.3 Å². The third kappa shape index (κ3) is 6.88. The molecule has 0 bridgehead atoms. The summed E-state index contributed by atoms with van der Waals surface area (Å²) in [7, 11) is 0. The number of hydrogen-bond acceptors (Lipinski definition) is 3. The highest BCUT2D eigenvalue weighted by molar-refractivity contribution is 4.71. The minimum Gasteiger partial charge on any atom is -0.396 e. The van der Waals surface area contributed by atoms with E-state index in [1.807, 2.05) is 0 Å². The molecular formula is C12H25NO2. The molecule has 3 heteroatoms. The molecule has 1 atom stereocenters. The van der Waals surface area contributed by atoms with Gasteiger partial charge in [-0.25, -0.2) is 0 Å². The van der Waals surface area contributed by atoms with Gasteiger partial charge in [0.1, 0.15) is 0 Å². The summed E-state index contributed by atoms with van der Waals surface area (Å²) in [5, 5.41) is 12.1. The van der Waals surface area contributed by atoms with Gasteiger partial charge in [0.15, 0.2) is 0 Å². The summed E-state index contributed by atoms with van der Waals surface area (Å²) < 4.78 is 5.63. The molecule has 0 radical (unpaired) electrons. The summed E-state index contributed by atoms with van der Waals surface area (Å²) in [6.45, 7) is 3.24. The van der Waals surface area contributed by atoms with Crippen LogP contribution in [0.3, 0.4) is 0 Å². The molecule has 1 heterocycles. The zero-order chi connectivity index (χ0) is 10.8. The number of unbranched alkanes of at least 4 members (excludes halogenated alkanes) is 3. The van der Waals surface area contributed by atoms with Gasteiger partial charge in [-0.05, 0) is 32.2 Å². The van der Waals surface area contributed by atoms with Crippen molar-refractivity contribution in [3.05, 3.63) is 0 Å². The van der Waals surface area contributed by atoms with Crippen LogP contribution in [-0.4, -0.2) is 37.5 Å². The Kier molecular flexibility index (Phi) is 7.88. The molecular weight excluding hydrogens is 190 g/mol. The Morgan fingerprint density at radius 1 is 1.13 bits per heavy atom. The Labute approximate surface area is 93.2 Å². The molecule has 1 saturated heterocycles. The smallest absolute Gasteiger partial charge is 0.0619 e. The van der Waals surface area contributed by atoms with Crippen LogP contribution in [-0.2, 0) is 4.74 Å². The first kappa shape index (κ1) is 12.9. The maximum absolute atomic E-state index is 8.60. The second-order valence-electron chi connectivity index (χ2n) is 4.36. The van der Waals surface area contributed by atoms with Crippen molar-refractivity contribution in [3.63, 3.8) is 0 Å². The third-order valence-electron chi connectivity index (χ3n) is 2.93. The van der Waals surface area contributed by atoms with E-state index in [2.05, 4.69) is 5.32 Å². The van der Waals surface area contributed by atoms with Crippen LogP contribution in [0.5, 0.6) is 0 Å². The van der Waals surface area contributed by atoms with Crippen molar-refractivity contribution < 1.29 is 9.84 Å². The van der Waals surface area contributed by atoms with Crippen molar-refractivity contribution in [1.29, 1.82) is 0 Å². The lowest BCUT2D eigenvalue weighted by Crippen LogP contribution is -2.37. The van der Waals surface area contributed by atoms with Crippen LogP contribution >= 0.6 is 0 Å². The normalized spacial score (nSPS) is 21.8. The fourth-order valence-corrected chi connectivity index (χ4v) is 1.96. The number of hydrogen-bond donors (Lipinski definition) is 2. The average molecular weight is 215 g/mol. The van der Waals surface area contributed by atoms with Crippen molar-refractivity contribution in [2.75, 3.05) is 26.4 Å². The zero-order valence-corrected chi connectivity index (χ0v) is 9.71. The van der Waals surface area contributed by atoms with Gasteiger partial charge in [0.2, 0.25) is 0 Å². The fourth-order valence-electron chi connectivity index (χ4n) is 1.96. The number of aliphatic hydroxyl groups excluding tert-OH is 1. The predicted molar refractivity (Wildman–Crippen MR) is 62.0 cm³/mol. The van der Waals surface area contributed by atoms with Gasteiger partial charge < -0.3 is 15.2 Å². The molecule has 0 aliphatic carbocycles. The molecule has 2 N–H and O–H groups in total. The second-order valence-corrected chi connectivity index (χ2v) is 4.36. The van der Waals surface area contributed by atoms with E-state index in [1.54, 1.807) is 0 Å². The molecule has 0 spiro atoms. The van der Waals surface area contributed by atoms with Crippen LogP contribution in [0.4, 0.5) is 0 Å². The number of rotatable bonds is 8. The standard InChI is InChI=1S/C12H25NO2/c14-9-5-1-2-6-10-15-11-12-7-3-4-8-13-12/h12-14H,1-11H2. The lowest BCUT2D eigenvalue weighted by Gasteiger charge is -2.23. The molecule has 0 amide bonds. The number of aliphatic hydroxyl groups is 1. The maximum atomic E-state index is 8.60. The molecule has 1 rings (SSSR count). The Balaban J connectivity index is 1.79. The van der Waals surface area contributed by atoms with Gasteiger partial charge in [-0.3, -0.25) is 0 Å². The van der Waals surface area contributed by atoms with E-state index in [0.29, 0.717) is 12.6 Å². The van der Waals surface area contributed by atoms with Crippen LogP contribution in [0.25, 0.3) is 0 Å². The summed E-state index contributed by atoms with van der Waals surface area (Å²) in [5.41, 5.74) is 0. The van der Waals surface area contributed by atoms with E-state index >= 15 is 0 Å². The molecule has 0 aromatic carbocycles. The van der Waals surface area contributed by atoms with Crippen LogP contribution in [0, 0.1) is 0 Å². The van der Waals surface area contributed by atoms with E-state index in [0.717, 1.165) is 39.0 Å². The second kappa shape index (κ2) is 9.13. The summed E-state index contributed by atoms with van der Waals surface area (Å²) in [5.74, 6) is 0. The van der Waals surface area contributed by atoms with Crippen molar-refractivity contribution >= 4 is 0 Å². The van der Waals surface area contributed by atoms with E-state index in [1.165, 1.54) is 25.7 Å². The fraction of sp³-hybridized carbons (Fsp3) is 1.00. The summed E-state index contributed by atoms with van der Waals surface area (Å²) in [4.78, 5) is 0. The Hall–Kier alpha value is -0.120. The van der Waals surface area contributed by atoms with Crippen molar-refractivity contribution in [1.82, 2.24) is 5.32 Å². The van der Waals surface area contributed by atoms with Crippen molar-refractivity contribution in [3.8, 4) is 0 Å². The highest BCUT2D eigenvalue weighted by Crippen LogP contribution is 2.07. The van der Waals surface area contributed by atoms with Gasteiger partial charge in [-0.15, -0.1) is 0 Å². The van der Waals surface area contributed by atoms with Crippen LogP contribution in [0.2, 0.25) is 0 Å². The zero-order valence-electron chi connectivity index (χ0n) is 9.71. The molecule has 0 aromatic heterocycles. The molecule has 3 nitrogen and oxygen atoms in total. The molecule has 1 fully saturated rings. The van der Waals surface area contributed by atoms with Gasteiger partial charge in [-0.2, -0.15) is 0 Å². The molecule has 0 aromatic rings. The quantitative estimate of drug-likeness (QED) is 0.606. The van der Waals surface area contributed by atoms with Crippen LogP contribution < -0.4 is 5.32 Å². The average Bonchev–Trinajstić information content (AvgIpc) is 2.29. The van der Waals surface area contributed by atoms with Gasteiger partial charge in [0.25, 0.3) is 0 Å². The first-order valence-electron chi connectivity index (χ1n) is 6.35. The minimum atomic E-state index is 0.326. The van der Waals surface area contributed by atoms with E-state index < -0.39 is 0 Å². The van der Waals surface area contributed by atoms with E-state index in [9.17, 15) is 0 Å². The molecule has 1 aliphatic rings. The highest BCUT2D eigenvalue weighted by Gasteiger charge is 2.11. The van der Waals surface area contributed by atoms with Crippen LogP contribution in [0.15, 0.2) is 0 Å².